The van der Waals surface area contributed by atoms with Gasteiger partial charge in [0.25, 0.3) is 15.9 Å². The molecule has 0 aliphatic heterocycles. The third kappa shape index (κ3) is 5.20. The van der Waals surface area contributed by atoms with Gasteiger partial charge in [-0.15, -0.1) is 0 Å². The van der Waals surface area contributed by atoms with Crippen molar-refractivity contribution in [3.63, 3.8) is 0 Å². The number of hydrogen-bond acceptors (Lipinski definition) is 5. The average Bonchev–Trinajstić information content (AvgIpc) is 2.62. The van der Waals surface area contributed by atoms with E-state index in [1.165, 1.54) is 44.4 Å². The molecule has 144 valence electrons. The number of nitrogens with one attached hydrogen (secondary N) is 3. The van der Waals surface area contributed by atoms with Crippen LogP contribution in [0, 0.1) is 0 Å². The lowest BCUT2D eigenvalue weighted by Crippen LogP contribution is -2.24. The standard InChI is InChI=1S/C18H21N3O5S/c1-4-19-18(23)16-11-15(9-10-17(16)26-3)27(24,25)21-14-7-5-13(6-8-14)20-12(2)22/h5-11,21H,4H2,1-3H3,(H,19,23)(H,20,22). The van der Waals surface area contributed by atoms with Crippen molar-refractivity contribution in [1.29, 1.82) is 0 Å². The Morgan fingerprint density at radius 3 is 2.22 bits per heavy atom. The molecule has 27 heavy (non-hydrogen) atoms. The normalized spacial score (nSPS) is 10.8. The quantitative estimate of drug-likeness (QED) is 0.670. The van der Waals surface area contributed by atoms with Crippen LogP contribution in [0.3, 0.4) is 0 Å². The van der Waals surface area contributed by atoms with Gasteiger partial charge in [0.1, 0.15) is 5.75 Å². The highest BCUT2D eigenvalue weighted by atomic mass is 32.2. The Kier molecular flexibility index (Phi) is 6.40. The molecule has 0 atom stereocenters. The van der Waals surface area contributed by atoms with E-state index in [0.717, 1.165) is 0 Å². The number of benzene rings is 2. The molecule has 8 nitrogen and oxygen atoms in total. The van der Waals surface area contributed by atoms with E-state index in [4.69, 9.17) is 4.74 Å². The topological polar surface area (TPSA) is 114 Å². The minimum absolute atomic E-state index is 0.0736. The van der Waals surface area contributed by atoms with Gasteiger partial charge in [0.15, 0.2) is 0 Å². The Labute approximate surface area is 158 Å². The molecule has 0 aliphatic carbocycles. The van der Waals surface area contributed by atoms with Gasteiger partial charge in [0.05, 0.1) is 17.6 Å². The maximum absolute atomic E-state index is 12.6. The molecule has 2 aromatic carbocycles. The van der Waals surface area contributed by atoms with Gasteiger partial charge >= 0.3 is 0 Å². The van der Waals surface area contributed by atoms with Gasteiger partial charge < -0.3 is 15.4 Å². The highest BCUT2D eigenvalue weighted by Gasteiger charge is 2.19. The Bertz CT molecular complexity index is 940. The van der Waals surface area contributed by atoms with Gasteiger partial charge in [-0.3, -0.25) is 14.3 Å². The minimum Gasteiger partial charge on any atom is -0.496 e. The van der Waals surface area contributed by atoms with Crippen molar-refractivity contribution in [3.05, 3.63) is 48.0 Å². The van der Waals surface area contributed by atoms with Gasteiger partial charge in [0, 0.05) is 24.8 Å². The third-order valence-corrected chi connectivity index (χ3v) is 4.90. The molecule has 0 heterocycles. The predicted octanol–water partition coefficient (Wildman–Crippen LogP) is 2.20. The largest absolute Gasteiger partial charge is 0.496 e. The molecule has 0 aromatic heterocycles. The highest BCUT2D eigenvalue weighted by molar-refractivity contribution is 7.92. The number of carbonyl (C=O) groups is 2. The molecule has 2 rings (SSSR count). The number of rotatable bonds is 7. The molecule has 2 aromatic rings. The second-order valence-corrected chi connectivity index (χ2v) is 7.27. The summed E-state index contributed by atoms with van der Waals surface area (Å²) in [5, 5.41) is 5.21. The smallest absolute Gasteiger partial charge is 0.261 e. The molecular formula is C18H21N3O5S. The van der Waals surface area contributed by atoms with Crippen LogP contribution in [0.5, 0.6) is 5.75 Å². The highest BCUT2D eigenvalue weighted by Crippen LogP contribution is 2.24. The summed E-state index contributed by atoms with van der Waals surface area (Å²) >= 11 is 0. The fourth-order valence-electron chi connectivity index (χ4n) is 2.33. The first-order valence-corrected chi connectivity index (χ1v) is 9.62. The van der Waals surface area contributed by atoms with E-state index in [-0.39, 0.29) is 22.1 Å². The van der Waals surface area contributed by atoms with Crippen molar-refractivity contribution in [3.8, 4) is 5.75 Å². The van der Waals surface area contributed by atoms with Crippen molar-refractivity contribution < 1.29 is 22.7 Å². The molecule has 2 amide bonds. The number of ether oxygens (including phenoxy) is 1. The van der Waals surface area contributed by atoms with E-state index < -0.39 is 15.9 Å². The zero-order valence-electron chi connectivity index (χ0n) is 15.2. The Hall–Kier alpha value is -3.07. The molecule has 0 unspecified atom stereocenters. The summed E-state index contributed by atoms with van der Waals surface area (Å²) in [5.41, 5.74) is 0.996. The first-order chi connectivity index (χ1) is 12.8. The van der Waals surface area contributed by atoms with E-state index >= 15 is 0 Å². The van der Waals surface area contributed by atoms with Crippen LogP contribution >= 0.6 is 0 Å². The van der Waals surface area contributed by atoms with Crippen molar-refractivity contribution in [2.24, 2.45) is 0 Å². The number of sulfonamides is 1. The van der Waals surface area contributed by atoms with Gasteiger partial charge in [-0.05, 0) is 49.4 Å². The summed E-state index contributed by atoms with van der Waals surface area (Å²) < 4.78 is 32.9. The Balaban J connectivity index is 2.29. The summed E-state index contributed by atoms with van der Waals surface area (Å²) in [6.45, 7) is 3.54. The van der Waals surface area contributed by atoms with Crippen molar-refractivity contribution in [2.45, 2.75) is 18.7 Å². The lowest BCUT2D eigenvalue weighted by atomic mass is 10.2. The van der Waals surface area contributed by atoms with Crippen LogP contribution in [-0.2, 0) is 14.8 Å². The molecule has 0 spiro atoms. The van der Waals surface area contributed by atoms with E-state index in [0.29, 0.717) is 17.9 Å². The van der Waals surface area contributed by atoms with E-state index in [1.54, 1.807) is 19.1 Å². The van der Waals surface area contributed by atoms with Crippen LogP contribution in [0.15, 0.2) is 47.4 Å². The second kappa shape index (κ2) is 8.54. The van der Waals surface area contributed by atoms with Crippen LogP contribution in [0.25, 0.3) is 0 Å². The first kappa shape index (κ1) is 20.2. The van der Waals surface area contributed by atoms with Crippen LogP contribution in [0.1, 0.15) is 24.2 Å². The molecule has 0 bridgehead atoms. The SMILES string of the molecule is CCNC(=O)c1cc(S(=O)(=O)Nc2ccc(NC(C)=O)cc2)ccc1OC. The van der Waals surface area contributed by atoms with Gasteiger partial charge in [-0.1, -0.05) is 0 Å². The lowest BCUT2D eigenvalue weighted by Gasteiger charge is -2.12. The monoisotopic (exact) mass is 391 g/mol. The number of hydrogen-bond donors (Lipinski definition) is 3. The summed E-state index contributed by atoms with van der Waals surface area (Å²) in [7, 11) is -2.51. The Morgan fingerprint density at radius 1 is 1.04 bits per heavy atom. The van der Waals surface area contributed by atoms with E-state index in [9.17, 15) is 18.0 Å². The van der Waals surface area contributed by atoms with Crippen LogP contribution in [0.2, 0.25) is 0 Å². The predicted molar refractivity (Wildman–Crippen MR) is 103 cm³/mol. The summed E-state index contributed by atoms with van der Waals surface area (Å²) in [6, 6.07) is 10.3. The minimum atomic E-state index is -3.92. The zero-order valence-corrected chi connectivity index (χ0v) is 16.0. The van der Waals surface area contributed by atoms with Crippen LogP contribution in [-0.4, -0.2) is 33.9 Å². The van der Waals surface area contributed by atoms with Gasteiger partial charge in [-0.25, -0.2) is 8.42 Å². The van der Waals surface area contributed by atoms with Crippen LogP contribution in [0.4, 0.5) is 11.4 Å². The fraction of sp³-hybridized carbons (Fsp3) is 0.222. The Morgan fingerprint density at radius 2 is 1.67 bits per heavy atom. The van der Waals surface area contributed by atoms with Crippen molar-refractivity contribution >= 4 is 33.2 Å². The molecule has 3 N–H and O–H groups in total. The molecule has 0 radical (unpaired) electrons. The van der Waals surface area contributed by atoms with E-state index in [1.807, 2.05) is 0 Å². The fourth-order valence-corrected chi connectivity index (χ4v) is 3.41. The van der Waals surface area contributed by atoms with Gasteiger partial charge in [-0.2, -0.15) is 0 Å². The summed E-state index contributed by atoms with van der Waals surface area (Å²) in [5.74, 6) is -0.370. The average molecular weight is 391 g/mol. The maximum atomic E-state index is 12.6. The summed E-state index contributed by atoms with van der Waals surface area (Å²) in [4.78, 5) is 23.1. The second-order valence-electron chi connectivity index (χ2n) is 5.59. The van der Waals surface area contributed by atoms with E-state index in [2.05, 4.69) is 15.4 Å². The zero-order chi connectivity index (χ0) is 20.0. The summed E-state index contributed by atoms with van der Waals surface area (Å²) in [6.07, 6.45) is 0. The van der Waals surface area contributed by atoms with Crippen molar-refractivity contribution in [2.75, 3.05) is 23.7 Å². The molecule has 0 saturated carbocycles. The molecule has 0 fully saturated rings. The molecule has 0 aliphatic rings. The molecular weight excluding hydrogens is 370 g/mol. The van der Waals surface area contributed by atoms with Gasteiger partial charge in [0.2, 0.25) is 5.91 Å². The number of methoxy groups -OCH3 is 1. The van der Waals surface area contributed by atoms with Crippen LogP contribution < -0.4 is 20.1 Å². The first-order valence-electron chi connectivity index (χ1n) is 8.13. The number of amides is 2. The number of carbonyl (C=O) groups excluding carboxylic acids is 2. The lowest BCUT2D eigenvalue weighted by molar-refractivity contribution is -0.114. The number of anilines is 2. The molecule has 0 saturated heterocycles. The molecule has 9 heteroatoms. The third-order valence-electron chi connectivity index (χ3n) is 3.52. The van der Waals surface area contributed by atoms with Crippen molar-refractivity contribution in [1.82, 2.24) is 5.32 Å². The maximum Gasteiger partial charge on any atom is 0.261 e.